The molecule has 0 spiro atoms. The third-order valence-corrected chi connectivity index (χ3v) is 6.92. The summed E-state index contributed by atoms with van der Waals surface area (Å²) >= 11 is 0. The summed E-state index contributed by atoms with van der Waals surface area (Å²) in [7, 11) is -3.66. The van der Waals surface area contributed by atoms with E-state index >= 15 is 0 Å². The molecule has 11 nitrogen and oxygen atoms in total. The summed E-state index contributed by atoms with van der Waals surface area (Å²) in [5, 5.41) is 3.90. The first kappa shape index (κ1) is 18.8. The van der Waals surface area contributed by atoms with Gasteiger partial charge in [0.05, 0.1) is 28.7 Å². The standard InChI is InChI=1S/C18H18N6O5S/c25-18-19-13-4-3-12(10-14(13)20-18)30(26,27)24-7-5-23(6-8-24)11-16-21-17(22-29-16)15-2-1-9-28-15/h1-4,9-10H,5-8,11H2,(H2,19,20,25). The van der Waals surface area contributed by atoms with Crippen LogP contribution in [0.3, 0.4) is 0 Å². The molecule has 0 radical (unpaired) electrons. The maximum atomic E-state index is 13.0. The van der Waals surface area contributed by atoms with Crippen LogP contribution >= 0.6 is 0 Å². The highest BCUT2D eigenvalue weighted by Crippen LogP contribution is 2.21. The minimum atomic E-state index is -3.66. The van der Waals surface area contributed by atoms with Crippen LogP contribution in [0.1, 0.15) is 5.89 Å². The molecule has 1 fully saturated rings. The molecule has 0 atom stereocenters. The Hall–Kier alpha value is -3.22. The fraction of sp³-hybridized carbons (Fsp3) is 0.278. The fourth-order valence-corrected chi connectivity index (χ4v) is 4.91. The molecule has 0 amide bonds. The first-order chi connectivity index (χ1) is 14.5. The van der Waals surface area contributed by atoms with Crippen LogP contribution in [0.2, 0.25) is 0 Å². The molecule has 1 saturated heterocycles. The predicted octanol–water partition coefficient (Wildman–Crippen LogP) is 1.01. The smallest absolute Gasteiger partial charge is 0.323 e. The van der Waals surface area contributed by atoms with Crippen LogP contribution in [-0.4, -0.2) is 63.9 Å². The van der Waals surface area contributed by atoms with Crippen LogP contribution in [0, 0.1) is 0 Å². The zero-order valence-corrected chi connectivity index (χ0v) is 16.6. The van der Waals surface area contributed by atoms with E-state index in [1.54, 1.807) is 18.2 Å². The van der Waals surface area contributed by atoms with Crippen molar-refractivity contribution in [3.63, 3.8) is 0 Å². The van der Waals surface area contributed by atoms with Crippen molar-refractivity contribution in [3.05, 3.63) is 53.0 Å². The molecule has 0 bridgehead atoms. The molecule has 5 rings (SSSR count). The van der Waals surface area contributed by atoms with Gasteiger partial charge in [-0.2, -0.15) is 9.29 Å². The molecule has 0 saturated carbocycles. The molecule has 0 aliphatic carbocycles. The van der Waals surface area contributed by atoms with Crippen LogP contribution in [0.25, 0.3) is 22.6 Å². The Morgan fingerprint density at radius 2 is 1.87 bits per heavy atom. The second-order valence-corrected chi connectivity index (χ2v) is 8.89. The molecule has 1 aromatic carbocycles. The number of aromatic nitrogens is 4. The highest BCUT2D eigenvalue weighted by Gasteiger charge is 2.29. The molecule has 4 aromatic rings. The first-order valence-electron chi connectivity index (χ1n) is 9.30. The molecular formula is C18H18N6O5S. The Balaban J connectivity index is 1.25. The monoisotopic (exact) mass is 430 g/mol. The van der Waals surface area contributed by atoms with Crippen LogP contribution in [0.4, 0.5) is 0 Å². The maximum Gasteiger partial charge on any atom is 0.323 e. The van der Waals surface area contributed by atoms with E-state index in [4.69, 9.17) is 8.94 Å². The summed E-state index contributed by atoms with van der Waals surface area (Å²) in [6.07, 6.45) is 1.54. The van der Waals surface area contributed by atoms with Crippen LogP contribution in [0.15, 0.2) is 55.2 Å². The Kier molecular flexibility index (Phi) is 4.53. The van der Waals surface area contributed by atoms with Crippen molar-refractivity contribution in [3.8, 4) is 11.6 Å². The van der Waals surface area contributed by atoms with Crippen molar-refractivity contribution in [2.75, 3.05) is 26.2 Å². The summed E-state index contributed by atoms with van der Waals surface area (Å²) in [6, 6.07) is 8.06. The van der Waals surface area contributed by atoms with E-state index in [0.717, 1.165) is 0 Å². The van der Waals surface area contributed by atoms with Gasteiger partial charge in [0.15, 0.2) is 5.76 Å². The topological polar surface area (TPSA) is 141 Å². The molecule has 3 aromatic heterocycles. The van der Waals surface area contributed by atoms with Gasteiger partial charge >= 0.3 is 5.69 Å². The van der Waals surface area contributed by atoms with Gasteiger partial charge in [-0.15, -0.1) is 0 Å². The fourth-order valence-electron chi connectivity index (χ4n) is 3.47. The van der Waals surface area contributed by atoms with Crippen molar-refractivity contribution >= 4 is 21.1 Å². The number of furan rings is 1. The van der Waals surface area contributed by atoms with Crippen LogP contribution in [0.5, 0.6) is 0 Å². The van der Waals surface area contributed by atoms with Gasteiger partial charge in [0, 0.05) is 26.2 Å². The Morgan fingerprint density at radius 1 is 1.07 bits per heavy atom. The lowest BCUT2D eigenvalue weighted by Crippen LogP contribution is -2.48. The van der Waals surface area contributed by atoms with Gasteiger partial charge in [-0.05, 0) is 30.3 Å². The second kappa shape index (κ2) is 7.23. The average molecular weight is 430 g/mol. The summed E-state index contributed by atoms with van der Waals surface area (Å²) in [5.74, 6) is 1.36. The van der Waals surface area contributed by atoms with Gasteiger partial charge in [0.2, 0.25) is 21.7 Å². The van der Waals surface area contributed by atoms with Crippen molar-refractivity contribution in [2.24, 2.45) is 0 Å². The van der Waals surface area contributed by atoms with Gasteiger partial charge in [-0.1, -0.05) is 5.16 Å². The van der Waals surface area contributed by atoms with E-state index in [2.05, 4.69) is 25.0 Å². The van der Waals surface area contributed by atoms with Gasteiger partial charge < -0.3 is 18.9 Å². The summed E-state index contributed by atoms with van der Waals surface area (Å²) in [4.78, 5) is 23.1. The number of imidazole rings is 1. The van der Waals surface area contributed by atoms with E-state index in [-0.39, 0.29) is 10.6 Å². The quantitative estimate of drug-likeness (QED) is 0.478. The van der Waals surface area contributed by atoms with Crippen molar-refractivity contribution < 1.29 is 17.4 Å². The van der Waals surface area contributed by atoms with Crippen LogP contribution in [-0.2, 0) is 16.6 Å². The van der Waals surface area contributed by atoms with E-state index in [1.165, 1.54) is 22.7 Å². The number of nitrogens with zero attached hydrogens (tertiary/aromatic N) is 4. The highest BCUT2D eigenvalue weighted by molar-refractivity contribution is 7.89. The molecule has 1 aliphatic rings. The Bertz CT molecular complexity index is 1330. The molecule has 30 heavy (non-hydrogen) atoms. The number of hydrogen-bond acceptors (Lipinski definition) is 8. The third kappa shape index (κ3) is 3.44. The van der Waals surface area contributed by atoms with Crippen LogP contribution < -0.4 is 5.69 Å². The lowest BCUT2D eigenvalue weighted by molar-refractivity contribution is 0.163. The largest absolute Gasteiger partial charge is 0.461 e. The SMILES string of the molecule is O=c1[nH]c2ccc(S(=O)(=O)N3CCN(Cc4nc(-c5ccco5)no4)CC3)cc2[nH]1. The summed E-state index contributed by atoms with van der Waals surface area (Å²) in [5.41, 5.74) is 0.658. The number of hydrogen-bond donors (Lipinski definition) is 2. The number of sulfonamides is 1. The normalized spacial score (nSPS) is 16.4. The zero-order chi connectivity index (χ0) is 20.7. The van der Waals surface area contributed by atoms with Gasteiger partial charge in [-0.3, -0.25) is 4.90 Å². The highest BCUT2D eigenvalue weighted by atomic mass is 32.2. The maximum absolute atomic E-state index is 13.0. The predicted molar refractivity (Wildman–Crippen MR) is 105 cm³/mol. The molecule has 1 aliphatic heterocycles. The van der Waals surface area contributed by atoms with Gasteiger partial charge in [0.1, 0.15) is 0 Å². The summed E-state index contributed by atoms with van der Waals surface area (Å²) < 4.78 is 37.9. The molecule has 2 N–H and O–H groups in total. The number of piperazine rings is 1. The minimum absolute atomic E-state index is 0.152. The van der Waals surface area contributed by atoms with Crippen molar-refractivity contribution in [2.45, 2.75) is 11.4 Å². The van der Waals surface area contributed by atoms with Crippen molar-refractivity contribution in [1.82, 2.24) is 29.3 Å². The molecule has 0 unspecified atom stereocenters. The molecule has 156 valence electrons. The Morgan fingerprint density at radius 3 is 2.63 bits per heavy atom. The van der Waals surface area contributed by atoms with Gasteiger partial charge in [-0.25, -0.2) is 13.2 Å². The first-order valence-corrected chi connectivity index (χ1v) is 10.7. The average Bonchev–Trinajstić information content (AvgIpc) is 3.47. The molecular weight excluding hydrogens is 412 g/mol. The summed E-state index contributed by atoms with van der Waals surface area (Å²) in [6.45, 7) is 2.16. The minimum Gasteiger partial charge on any atom is -0.461 e. The van der Waals surface area contributed by atoms with E-state index in [0.29, 0.717) is 61.2 Å². The number of nitrogens with one attached hydrogen (secondary N) is 2. The number of H-pyrrole nitrogens is 2. The lowest BCUT2D eigenvalue weighted by atomic mass is 10.3. The van der Waals surface area contributed by atoms with E-state index in [1.807, 2.05) is 0 Å². The number of rotatable bonds is 5. The molecule has 4 heterocycles. The Labute approximate surface area is 170 Å². The van der Waals surface area contributed by atoms with E-state index < -0.39 is 10.0 Å². The third-order valence-electron chi connectivity index (χ3n) is 5.02. The van der Waals surface area contributed by atoms with Gasteiger partial charge in [0.25, 0.3) is 0 Å². The lowest BCUT2D eigenvalue weighted by Gasteiger charge is -2.33. The molecule has 12 heteroatoms. The zero-order valence-electron chi connectivity index (χ0n) is 15.7. The number of benzene rings is 1. The number of aromatic amines is 2. The van der Waals surface area contributed by atoms with Crippen molar-refractivity contribution in [1.29, 1.82) is 0 Å². The number of fused-ring (bicyclic) bond motifs is 1. The second-order valence-electron chi connectivity index (χ2n) is 6.96. The van der Waals surface area contributed by atoms with E-state index in [9.17, 15) is 13.2 Å².